The van der Waals surface area contributed by atoms with E-state index >= 15 is 0 Å². The Morgan fingerprint density at radius 3 is 2.80 bits per heavy atom. The highest BCUT2D eigenvalue weighted by molar-refractivity contribution is 5.68. The summed E-state index contributed by atoms with van der Waals surface area (Å²) in [4.78, 5) is 8.53. The predicted octanol–water partition coefficient (Wildman–Crippen LogP) is 3.12. The third kappa shape index (κ3) is 2.42. The van der Waals surface area contributed by atoms with Crippen LogP contribution >= 0.6 is 0 Å². The van der Waals surface area contributed by atoms with Crippen LogP contribution in [0.1, 0.15) is 11.5 Å². The van der Waals surface area contributed by atoms with Gasteiger partial charge in [0.2, 0.25) is 11.6 Å². The molecular weight excluding hydrogens is 256 g/mol. The fraction of sp³-hybridized carbons (Fsp3) is 0.200. The first-order chi connectivity index (χ1) is 9.76. The summed E-state index contributed by atoms with van der Waals surface area (Å²) >= 11 is 0. The molecule has 20 heavy (non-hydrogen) atoms. The Morgan fingerprint density at radius 2 is 2.00 bits per heavy atom. The van der Waals surface area contributed by atoms with Crippen LogP contribution in [0.15, 0.2) is 40.9 Å². The van der Waals surface area contributed by atoms with Crippen molar-refractivity contribution in [2.24, 2.45) is 0 Å². The van der Waals surface area contributed by atoms with Gasteiger partial charge in [-0.2, -0.15) is 0 Å². The molecule has 0 saturated carbocycles. The van der Waals surface area contributed by atoms with E-state index in [1.165, 1.54) is 0 Å². The maximum absolute atomic E-state index is 5.66. The van der Waals surface area contributed by atoms with Gasteiger partial charge in [0.15, 0.2) is 18.1 Å². The molecule has 0 N–H and O–H groups in total. The lowest BCUT2D eigenvalue weighted by Crippen LogP contribution is -1.97. The molecule has 3 aromatic rings. The lowest BCUT2D eigenvalue weighted by molar-refractivity contribution is 0.253. The average molecular weight is 270 g/mol. The number of pyridine rings is 1. The Labute approximate surface area is 116 Å². The van der Waals surface area contributed by atoms with Gasteiger partial charge in [0.05, 0.1) is 7.11 Å². The Bertz CT molecular complexity index is 737. The third-order valence-electron chi connectivity index (χ3n) is 2.85. The molecule has 0 fully saturated rings. The molecule has 0 bridgehead atoms. The maximum atomic E-state index is 5.66. The summed E-state index contributed by atoms with van der Waals surface area (Å²) in [5.74, 6) is 1.82. The van der Waals surface area contributed by atoms with Crippen LogP contribution in [-0.2, 0) is 6.61 Å². The van der Waals surface area contributed by atoms with E-state index in [9.17, 15) is 0 Å². The zero-order valence-corrected chi connectivity index (χ0v) is 11.3. The van der Waals surface area contributed by atoms with Gasteiger partial charge in [-0.25, -0.2) is 9.97 Å². The molecule has 5 nitrogen and oxygen atoms in total. The van der Waals surface area contributed by atoms with E-state index in [1.807, 2.05) is 37.3 Å². The number of rotatable bonds is 4. The number of nitrogens with zero attached hydrogens (tertiary/aromatic N) is 2. The smallest absolute Gasteiger partial charge is 0.247 e. The van der Waals surface area contributed by atoms with Gasteiger partial charge in [0.1, 0.15) is 5.52 Å². The molecule has 2 aromatic heterocycles. The lowest BCUT2D eigenvalue weighted by Gasteiger charge is -2.08. The molecule has 102 valence electrons. The zero-order chi connectivity index (χ0) is 13.9. The quantitative estimate of drug-likeness (QED) is 0.729. The molecule has 1 aromatic carbocycles. The summed E-state index contributed by atoms with van der Waals surface area (Å²) in [6.45, 7) is 2.20. The van der Waals surface area contributed by atoms with E-state index in [0.29, 0.717) is 23.1 Å². The third-order valence-corrected chi connectivity index (χ3v) is 2.85. The highest BCUT2D eigenvalue weighted by Crippen LogP contribution is 2.26. The summed E-state index contributed by atoms with van der Waals surface area (Å²) in [7, 11) is 1.61. The minimum atomic E-state index is 0.232. The molecule has 3 rings (SSSR count). The van der Waals surface area contributed by atoms with E-state index in [-0.39, 0.29) is 6.61 Å². The summed E-state index contributed by atoms with van der Waals surface area (Å²) in [6, 6.07) is 9.38. The molecule has 0 atom stereocenters. The minimum absolute atomic E-state index is 0.232. The second kappa shape index (κ2) is 5.21. The molecule has 0 radical (unpaired) electrons. The standard InChI is InChI=1S/C15H14N2O3/c1-10-7-11-15(16-8-10)20-14(17-11)9-19-13-6-4-3-5-12(13)18-2/h3-8H,9H2,1-2H3. The van der Waals surface area contributed by atoms with Crippen molar-refractivity contribution in [3.8, 4) is 11.5 Å². The van der Waals surface area contributed by atoms with Gasteiger partial charge in [0, 0.05) is 6.20 Å². The molecule has 0 saturated heterocycles. The number of oxazole rings is 1. The van der Waals surface area contributed by atoms with Crippen molar-refractivity contribution in [2.45, 2.75) is 13.5 Å². The van der Waals surface area contributed by atoms with Crippen LogP contribution in [0.25, 0.3) is 11.2 Å². The highest BCUT2D eigenvalue weighted by atomic mass is 16.5. The Morgan fingerprint density at radius 1 is 1.20 bits per heavy atom. The molecular formula is C15H14N2O3. The first-order valence-corrected chi connectivity index (χ1v) is 6.24. The Kier molecular flexibility index (Phi) is 3.25. The van der Waals surface area contributed by atoms with E-state index in [2.05, 4.69) is 9.97 Å². The van der Waals surface area contributed by atoms with Gasteiger partial charge in [-0.15, -0.1) is 0 Å². The Balaban J connectivity index is 1.79. The molecule has 0 amide bonds. The molecule has 0 aliphatic carbocycles. The van der Waals surface area contributed by atoms with E-state index in [1.54, 1.807) is 13.3 Å². The fourth-order valence-electron chi connectivity index (χ4n) is 1.91. The summed E-state index contributed by atoms with van der Waals surface area (Å²) in [5.41, 5.74) is 2.31. The van der Waals surface area contributed by atoms with Crippen molar-refractivity contribution in [3.05, 3.63) is 48.0 Å². The van der Waals surface area contributed by atoms with Gasteiger partial charge in [-0.1, -0.05) is 12.1 Å². The predicted molar refractivity (Wildman–Crippen MR) is 73.9 cm³/mol. The van der Waals surface area contributed by atoms with Crippen LogP contribution in [0.4, 0.5) is 0 Å². The van der Waals surface area contributed by atoms with E-state index < -0.39 is 0 Å². The number of ether oxygens (including phenoxy) is 2. The molecule has 2 heterocycles. The van der Waals surface area contributed by atoms with E-state index in [0.717, 1.165) is 11.1 Å². The number of para-hydroxylation sites is 2. The largest absolute Gasteiger partial charge is 0.493 e. The van der Waals surface area contributed by atoms with Gasteiger partial charge in [0.25, 0.3) is 0 Å². The summed E-state index contributed by atoms with van der Waals surface area (Å²) < 4.78 is 16.4. The van der Waals surface area contributed by atoms with Crippen LogP contribution < -0.4 is 9.47 Å². The molecule has 0 aliphatic heterocycles. The van der Waals surface area contributed by atoms with Gasteiger partial charge in [-0.05, 0) is 30.7 Å². The molecule has 0 unspecified atom stereocenters. The van der Waals surface area contributed by atoms with Crippen molar-refractivity contribution in [1.82, 2.24) is 9.97 Å². The topological polar surface area (TPSA) is 57.4 Å². The van der Waals surface area contributed by atoms with Crippen LogP contribution in [-0.4, -0.2) is 17.1 Å². The first kappa shape index (κ1) is 12.5. The Hall–Kier alpha value is -2.56. The number of fused-ring (bicyclic) bond motifs is 1. The molecule has 0 spiro atoms. The number of aromatic nitrogens is 2. The van der Waals surface area contributed by atoms with Gasteiger partial charge in [-0.3, -0.25) is 0 Å². The monoisotopic (exact) mass is 270 g/mol. The van der Waals surface area contributed by atoms with Crippen LogP contribution in [0.3, 0.4) is 0 Å². The fourth-order valence-corrected chi connectivity index (χ4v) is 1.91. The number of methoxy groups -OCH3 is 1. The average Bonchev–Trinajstić information content (AvgIpc) is 2.87. The van der Waals surface area contributed by atoms with Gasteiger partial charge < -0.3 is 13.9 Å². The van der Waals surface area contributed by atoms with Crippen molar-refractivity contribution in [2.75, 3.05) is 7.11 Å². The zero-order valence-electron chi connectivity index (χ0n) is 11.3. The van der Waals surface area contributed by atoms with Crippen molar-refractivity contribution >= 4 is 11.2 Å². The lowest BCUT2D eigenvalue weighted by atomic mass is 10.3. The van der Waals surface area contributed by atoms with Crippen molar-refractivity contribution < 1.29 is 13.9 Å². The van der Waals surface area contributed by atoms with E-state index in [4.69, 9.17) is 13.9 Å². The highest BCUT2D eigenvalue weighted by Gasteiger charge is 2.09. The number of benzene rings is 1. The van der Waals surface area contributed by atoms with Crippen LogP contribution in [0, 0.1) is 6.92 Å². The normalized spacial score (nSPS) is 10.7. The van der Waals surface area contributed by atoms with Crippen LogP contribution in [0.5, 0.6) is 11.5 Å². The van der Waals surface area contributed by atoms with Crippen LogP contribution in [0.2, 0.25) is 0 Å². The number of aryl methyl sites for hydroxylation is 1. The first-order valence-electron chi connectivity index (χ1n) is 6.24. The second-order valence-electron chi connectivity index (χ2n) is 4.38. The maximum Gasteiger partial charge on any atom is 0.247 e. The minimum Gasteiger partial charge on any atom is -0.493 e. The molecule has 5 heteroatoms. The summed E-state index contributed by atoms with van der Waals surface area (Å²) in [5, 5.41) is 0. The van der Waals surface area contributed by atoms with Crippen molar-refractivity contribution in [1.29, 1.82) is 0 Å². The SMILES string of the molecule is COc1ccccc1OCc1nc2cc(C)cnc2o1. The number of hydrogen-bond acceptors (Lipinski definition) is 5. The van der Waals surface area contributed by atoms with Crippen molar-refractivity contribution in [3.63, 3.8) is 0 Å². The number of hydrogen-bond donors (Lipinski definition) is 0. The summed E-state index contributed by atoms with van der Waals surface area (Å²) in [6.07, 6.45) is 1.75. The van der Waals surface area contributed by atoms with Gasteiger partial charge >= 0.3 is 0 Å². The second-order valence-corrected chi connectivity index (χ2v) is 4.38. The molecule has 0 aliphatic rings.